The number of aromatic nitrogens is 1. The monoisotopic (exact) mass is 334 g/mol. The number of sulfonamides is 1. The predicted octanol–water partition coefficient (Wildman–Crippen LogP) is 3.19. The molecule has 0 unspecified atom stereocenters. The lowest BCUT2D eigenvalue weighted by Crippen LogP contribution is -2.22. The van der Waals surface area contributed by atoms with Crippen molar-refractivity contribution in [1.82, 2.24) is 9.71 Å². The first kappa shape index (κ1) is 15.0. The molecule has 22 heavy (non-hydrogen) atoms. The van der Waals surface area contributed by atoms with Crippen LogP contribution in [0.5, 0.6) is 0 Å². The highest BCUT2D eigenvalue weighted by Gasteiger charge is 2.17. The Hall–Kier alpha value is -1.96. The van der Waals surface area contributed by atoms with E-state index in [-0.39, 0.29) is 10.8 Å². The molecule has 2 heterocycles. The highest BCUT2D eigenvalue weighted by atomic mass is 32.2. The summed E-state index contributed by atoms with van der Waals surface area (Å²) in [6.45, 7) is 1.83. The van der Waals surface area contributed by atoms with Crippen LogP contribution in [0.1, 0.15) is 11.7 Å². The lowest BCUT2D eigenvalue weighted by Gasteiger charge is -2.01. The van der Waals surface area contributed by atoms with Gasteiger partial charge in [0.05, 0.1) is 6.54 Å². The molecule has 0 aliphatic carbocycles. The van der Waals surface area contributed by atoms with Crippen LogP contribution in [0.4, 0.5) is 0 Å². The Morgan fingerprint density at radius 2 is 1.95 bits per heavy atom. The smallest absolute Gasteiger partial charge is 0.250 e. The fraction of sp³-hybridized carbons (Fsp3) is 0.133. The third-order valence-corrected chi connectivity index (χ3v) is 5.86. The maximum absolute atomic E-state index is 12.1. The Kier molecular flexibility index (Phi) is 4.10. The van der Waals surface area contributed by atoms with E-state index in [1.165, 1.54) is 11.3 Å². The average Bonchev–Trinajstić information content (AvgIpc) is 3.16. The number of rotatable bonds is 5. The van der Waals surface area contributed by atoms with Gasteiger partial charge < -0.3 is 4.42 Å². The molecular formula is C15H14N2O3S2. The van der Waals surface area contributed by atoms with Gasteiger partial charge >= 0.3 is 0 Å². The second kappa shape index (κ2) is 6.04. The van der Waals surface area contributed by atoms with E-state index in [9.17, 15) is 8.42 Å². The van der Waals surface area contributed by atoms with Gasteiger partial charge in [-0.3, -0.25) is 0 Å². The van der Waals surface area contributed by atoms with Crippen LogP contribution in [0.15, 0.2) is 56.5 Å². The third kappa shape index (κ3) is 3.11. The van der Waals surface area contributed by atoms with Crippen LogP contribution in [0, 0.1) is 6.92 Å². The molecule has 0 amide bonds. The molecule has 0 saturated carbocycles. The van der Waals surface area contributed by atoms with Gasteiger partial charge in [0.1, 0.15) is 15.7 Å². The molecule has 0 fully saturated rings. The number of nitrogens with one attached hydrogen (secondary N) is 1. The van der Waals surface area contributed by atoms with Gasteiger partial charge in [-0.1, -0.05) is 36.4 Å². The van der Waals surface area contributed by atoms with E-state index in [0.29, 0.717) is 11.7 Å². The van der Waals surface area contributed by atoms with Crippen LogP contribution in [-0.4, -0.2) is 13.4 Å². The second-order valence-corrected chi connectivity index (χ2v) is 7.58. The minimum absolute atomic E-state index is 0.0217. The predicted molar refractivity (Wildman–Crippen MR) is 85.0 cm³/mol. The Labute approximate surface area is 132 Å². The summed E-state index contributed by atoms with van der Waals surface area (Å²) in [7, 11) is -3.51. The second-order valence-electron chi connectivity index (χ2n) is 4.64. The molecule has 3 aromatic rings. The van der Waals surface area contributed by atoms with Crippen LogP contribution in [0.3, 0.4) is 0 Å². The minimum Gasteiger partial charge on any atom is -0.444 e. The van der Waals surface area contributed by atoms with Crippen molar-refractivity contribution in [3.05, 3.63) is 59.5 Å². The first-order valence-electron chi connectivity index (χ1n) is 6.61. The summed E-state index contributed by atoms with van der Waals surface area (Å²) >= 11 is 1.17. The molecule has 114 valence electrons. The minimum atomic E-state index is -3.51. The summed E-state index contributed by atoms with van der Waals surface area (Å²) in [4.78, 5) is 4.37. The molecule has 7 heteroatoms. The first-order valence-corrected chi connectivity index (χ1v) is 8.97. The number of aryl methyl sites for hydroxylation is 1. The maximum Gasteiger partial charge on any atom is 0.250 e. The van der Waals surface area contributed by atoms with Crippen LogP contribution in [0.25, 0.3) is 11.3 Å². The molecule has 0 aliphatic heterocycles. The summed E-state index contributed by atoms with van der Waals surface area (Å²) in [6, 6.07) is 12.9. The van der Waals surface area contributed by atoms with Gasteiger partial charge in [0.25, 0.3) is 10.0 Å². The fourth-order valence-corrected chi connectivity index (χ4v) is 4.05. The van der Waals surface area contributed by atoms with Gasteiger partial charge in [-0.2, -0.15) is 0 Å². The molecule has 1 N–H and O–H groups in total. The zero-order chi connectivity index (χ0) is 15.6. The van der Waals surface area contributed by atoms with E-state index in [1.54, 1.807) is 17.5 Å². The van der Waals surface area contributed by atoms with Gasteiger partial charge in [-0.25, -0.2) is 18.1 Å². The molecular weight excluding hydrogens is 320 g/mol. The zero-order valence-electron chi connectivity index (χ0n) is 11.8. The number of hydrogen-bond acceptors (Lipinski definition) is 5. The van der Waals surface area contributed by atoms with Crippen molar-refractivity contribution in [3.63, 3.8) is 0 Å². The van der Waals surface area contributed by atoms with Gasteiger partial charge in [0.2, 0.25) is 5.89 Å². The maximum atomic E-state index is 12.1. The first-order chi connectivity index (χ1) is 10.6. The van der Waals surface area contributed by atoms with E-state index in [0.717, 1.165) is 11.3 Å². The van der Waals surface area contributed by atoms with E-state index in [2.05, 4.69) is 9.71 Å². The molecule has 5 nitrogen and oxygen atoms in total. The van der Waals surface area contributed by atoms with Crippen LogP contribution >= 0.6 is 11.3 Å². The molecule has 1 aromatic carbocycles. The molecule has 2 aromatic heterocycles. The van der Waals surface area contributed by atoms with Crippen LogP contribution in [-0.2, 0) is 16.6 Å². The van der Waals surface area contributed by atoms with Crippen molar-refractivity contribution >= 4 is 21.4 Å². The molecule has 0 saturated heterocycles. The van der Waals surface area contributed by atoms with Gasteiger partial charge in [0, 0.05) is 5.56 Å². The highest BCUT2D eigenvalue weighted by molar-refractivity contribution is 7.91. The molecule has 3 rings (SSSR count). The lowest BCUT2D eigenvalue weighted by molar-refractivity contribution is 0.464. The quantitative estimate of drug-likeness (QED) is 0.778. The van der Waals surface area contributed by atoms with E-state index < -0.39 is 10.0 Å². The molecule has 0 spiro atoms. The Morgan fingerprint density at radius 3 is 2.64 bits per heavy atom. The molecule has 0 bridgehead atoms. The molecule has 0 aliphatic rings. The largest absolute Gasteiger partial charge is 0.444 e. The van der Waals surface area contributed by atoms with Crippen LogP contribution in [0.2, 0.25) is 0 Å². The zero-order valence-corrected chi connectivity index (χ0v) is 13.4. The van der Waals surface area contributed by atoms with Gasteiger partial charge in [-0.15, -0.1) is 11.3 Å². The highest BCUT2D eigenvalue weighted by Crippen LogP contribution is 2.23. The normalized spacial score (nSPS) is 11.7. The number of oxazole rings is 1. The van der Waals surface area contributed by atoms with Crippen LogP contribution < -0.4 is 4.72 Å². The van der Waals surface area contributed by atoms with Crippen molar-refractivity contribution in [1.29, 1.82) is 0 Å². The van der Waals surface area contributed by atoms with Crippen molar-refractivity contribution < 1.29 is 12.8 Å². The Bertz CT molecular complexity index is 854. The lowest BCUT2D eigenvalue weighted by atomic mass is 10.1. The number of thiophene rings is 1. The summed E-state index contributed by atoms with van der Waals surface area (Å²) in [5.41, 5.74) is 1.67. The summed E-state index contributed by atoms with van der Waals surface area (Å²) in [6.07, 6.45) is 0. The van der Waals surface area contributed by atoms with Gasteiger partial charge in [0.15, 0.2) is 0 Å². The fourth-order valence-electron chi connectivity index (χ4n) is 2.04. The molecule has 0 radical (unpaired) electrons. The van der Waals surface area contributed by atoms with E-state index in [4.69, 9.17) is 4.42 Å². The Morgan fingerprint density at radius 1 is 1.18 bits per heavy atom. The Balaban J connectivity index is 1.78. The van der Waals surface area contributed by atoms with Gasteiger partial charge in [-0.05, 0) is 18.4 Å². The van der Waals surface area contributed by atoms with Crippen molar-refractivity contribution in [2.45, 2.75) is 17.7 Å². The number of nitrogens with zero attached hydrogens (tertiary/aromatic N) is 1. The summed E-state index contributed by atoms with van der Waals surface area (Å²) in [5, 5.41) is 1.72. The van der Waals surface area contributed by atoms with E-state index in [1.807, 2.05) is 37.3 Å². The average molecular weight is 334 g/mol. The van der Waals surface area contributed by atoms with Crippen molar-refractivity contribution in [2.75, 3.05) is 0 Å². The number of benzene rings is 1. The standard InChI is InChI=1S/C15H14N2O3S2/c1-11-15(12-6-3-2-4-7-12)17-13(20-11)10-16-22(18,19)14-8-5-9-21-14/h2-9,16H,10H2,1H3. The molecule has 0 atom stereocenters. The van der Waals surface area contributed by atoms with E-state index >= 15 is 0 Å². The number of hydrogen-bond donors (Lipinski definition) is 1. The SMILES string of the molecule is Cc1oc(CNS(=O)(=O)c2cccs2)nc1-c1ccccc1. The van der Waals surface area contributed by atoms with Crippen molar-refractivity contribution in [2.24, 2.45) is 0 Å². The third-order valence-electron chi connectivity index (χ3n) is 3.06. The summed E-state index contributed by atoms with van der Waals surface area (Å²) in [5.74, 6) is 1.01. The summed E-state index contributed by atoms with van der Waals surface area (Å²) < 4.78 is 32.4. The van der Waals surface area contributed by atoms with Crippen molar-refractivity contribution in [3.8, 4) is 11.3 Å². The topological polar surface area (TPSA) is 72.2 Å².